The fourth-order valence-electron chi connectivity index (χ4n) is 8.41. The minimum atomic E-state index is -0.207. The van der Waals surface area contributed by atoms with Gasteiger partial charge in [-0.25, -0.2) is 0 Å². The lowest BCUT2D eigenvalue weighted by atomic mass is 9.74. The zero-order valence-electron chi connectivity index (χ0n) is 25.6. The van der Waals surface area contributed by atoms with Crippen molar-refractivity contribution < 1.29 is 0 Å². The van der Waals surface area contributed by atoms with Crippen molar-refractivity contribution in [1.82, 2.24) is 0 Å². The van der Waals surface area contributed by atoms with Crippen LogP contribution >= 0.6 is 0 Å². The molecule has 1 aliphatic carbocycles. The summed E-state index contributed by atoms with van der Waals surface area (Å²) in [7, 11) is 0. The molecule has 0 heterocycles. The molecule has 0 spiro atoms. The van der Waals surface area contributed by atoms with Crippen LogP contribution in [0.3, 0.4) is 0 Å². The normalized spacial score (nSPS) is 15.6. The van der Waals surface area contributed by atoms with Crippen LogP contribution in [0.25, 0.3) is 76.5 Å². The van der Waals surface area contributed by atoms with Crippen LogP contribution in [-0.2, 0) is 5.41 Å². The second kappa shape index (κ2) is 9.39. The molecular formula is C46H30. The van der Waals surface area contributed by atoms with Gasteiger partial charge in [0.15, 0.2) is 0 Å². The van der Waals surface area contributed by atoms with E-state index in [2.05, 4.69) is 171 Å². The van der Waals surface area contributed by atoms with E-state index < -0.39 is 0 Å². The third-order valence-corrected chi connectivity index (χ3v) is 10.7. The van der Waals surface area contributed by atoms with E-state index in [1.165, 1.54) is 93.2 Å². The Balaban J connectivity index is 1.19. The van der Waals surface area contributed by atoms with E-state index in [1.54, 1.807) is 0 Å². The highest BCUT2D eigenvalue weighted by Gasteiger charge is 2.40. The second-order valence-corrected chi connectivity index (χ2v) is 13.0. The molecule has 0 N–H and O–H groups in total. The van der Waals surface area contributed by atoms with Gasteiger partial charge >= 0.3 is 0 Å². The number of hydrogen-bond acceptors (Lipinski definition) is 0. The molecule has 0 saturated carbocycles. The maximum atomic E-state index is 2.46. The summed E-state index contributed by atoms with van der Waals surface area (Å²) in [5.41, 5.74) is 11.7. The molecule has 0 aromatic heterocycles. The summed E-state index contributed by atoms with van der Waals surface area (Å²) in [4.78, 5) is 0. The average Bonchev–Trinajstić information content (AvgIpc) is 3.37. The molecule has 1 aliphatic rings. The van der Waals surface area contributed by atoms with Gasteiger partial charge in [-0.1, -0.05) is 146 Å². The van der Waals surface area contributed by atoms with E-state index in [4.69, 9.17) is 0 Å². The van der Waals surface area contributed by atoms with Crippen LogP contribution in [0, 0.1) is 0 Å². The highest BCUT2D eigenvalue weighted by molar-refractivity contribution is 6.27. The predicted octanol–water partition coefficient (Wildman–Crippen LogP) is 12.4. The first kappa shape index (κ1) is 25.6. The predicted molar refractivity (Wildman–Crippen MR) is 196 cm³/mol. The van der Waals surface area contributed by atoms with Gasteiger partial charge < -0.3 is 0 Å². The molecule has 9 aromatic carbocycles. The fraction of sp³-hybridized carbons (Fsp3) is 0.0435. The zero-order chi connectivity index (χ0) is 30.4. The van der Waals surface area contributed by atoms with Gasteiger partial charge in [0.05, 0.1) is 0 Å². The van der Waals surface area contributed by atoms with Gasteiger partial charge in [-0.15, -0.1) is 0 Å². The molecule has 0 saturated heterocycles. The van der Waals surface area contributed by atoms with E-state index in [9.17, 15) is 0 Å². The highest BCUT2D eigenvalue weighted by Crippen LogP contribution is 2.53. The molecular weight excluding hydrogens is 553 g/mol. The van der Waals surface area contributed by atoms with Crippen LogP contribution < -0.4 is 0 Å². The topological polar surface area (TPSA) is 0 Å². The Morgan fingerprint density at radius 1 is 0.348 bits per heavy atom. The summed E-state index contributed by atoms with van der Waals surface area (Å²) < 4.78 is 0. The number of rotatable bonds is 3. The van der Waals surface area contributed by atoms with Gasteiger partial charge in [-0.05, 0) is 118 Å². The van der Waals surface area contributed by atoms with Crippen molar-refractivity contribution in [1.29, 1.82) is 0 Å². The van der Waals surface area contributed by atoms with Crippen LogP contribution in [0.1, 0.15) is 23.6 Å². The van der Waals surface area contributed by atoms with Crippen molar-refractivity contribution >= 4 is 43.1 Å². The third kappa shape index (κ3) is 3.44. The average molecular weight is 583 g/mol. The van der Waals surface area contributed by atoms with Gasteiger partial charge in [0, 0.05) is 5.41 Å². The van der Waals surface area contributed by atoms with Crippen molar-refractivity contribution in [2.45, 2.75) is 12.3 Å². The Morgan fingerprint density at radius 2 is 0.935 bits per heavy atom. The molecule has 0 aliphatic heterocycles. The summed E-state index contributed by atoms with van der Waals surface area (Å²) in [5, 5.41) is 10.5. The minimum Gasteiger partial charge on any atom is -0.0622 e. The van der Waals surface area contributed by atoms with Crippen molar-refractivity contribution in [3.05, 3.63) is 180 Å². The lowest BCUT2D eigenvalue weighted by Gasteiger charge is -2.28. The molecule has 0 radical (unpaired) electrons. The SMILES string of the molecule is CC1(c2ccccc2)c2ccccc2-c2cc3ccc(-c4ccc5ccc6c(-c7ccccc7)ccc7ccc4c5c76)cc3cc21. The Hall–Kier alpha value is -5.72. The van der Waals surface area contributed by atoms with Crippen LogP contribution in [0.5, 0.6) is 0 Å². The highest BCUT2D eigenvalue weighted by atomic mass is 14.4. The standard InChI is InChI=1S/C46H30/c1-46(35-12-6-3-7-13-35)42-15-9-8-14-38(42)41-27-32-16-17-33(26-34(32)28-43(41)46)37-23-19-31-20-24-39-36(29-10-4-2-5-11-29)22-18-30-21-25-40(37)45(31)44(30)39/h2-28H,1H3. The van der Waals surface area contributed by atoms with Crippen molar-refractivity contribution in [3.8, 4) is 33.4 Å². The van der Waals surface area contributed by atoms with Gasteiger partial charge in [0.25, 0.3) is 0 Å². The monoisotopic (exact) mass is 582 g/mol. The maximum absolute atomic E-state index is 2.46. The number of hydrogen-bond donors (Lipinski definition) is 0. The molecule has 0 bridgehead atoms. The van der Waals surface area contributed by atoms with E-state index in [0.717, 1.165) is 0 Å². The molecule has 214 valence electrons. The van der Waals surface area contributed by atoms with Crippen LogP contribution in [0.2, 0.25) is 0 Å². The number of benzene rings is 9. The molecule has 10 rings (SSSR count). The second-order valence-electron chi connectivity index (χ2n) is 13.0. The van der Waals surface area contributed by atoms with Gasteiger partial charge in [0.2, 0.25) is 0 Å². The lowest BCUT2D eigenvalue weighted by molar-refractivity contribution is 0.715. The molecule has 0 fully saturated rings. The van der Waals surface area contributed by atoms with E-state index in [1.807, 2.05) is 0 Å². The Bertz CT molecular complexity index is 2630. The molecule has 0 amide bonds. The summed E-state index contributed by atoms with van der Waals surface area (Å²) in [6.07, 6.45) is 0. The molecule has 46 heavy (non-hydrogen) atoms. The van der Waals surface area contributed by atoms with Gasteiger partial charge in [-0.3, -0.25) is 0 Å². The molecule has 1 unspecified atom stereocenters. The van der Waals surface area contributed by atoms with Crippen LogP contribution in [-0.4, -0.2) is 0 Å². The van der Waals surface area contributed by atoms with Crippen molar-refractivity contribution in [2.24, 2.45) is 0 Å². The molecule has 9 aromatic rings. The van der Waals surface area contributed by atoms with Gasteiger partial charge in [0.1, 0.15) is 0 Å². The van der Waals surface area contributed by atoms with Crippen LogP contribution in [0.15, 0.2) is 164 Å². The minimum absolute atomic E-state index is 0.207. The van der Waals surface area contributed by atoms with Crippen molar-refractivity contribution in [2.75, 3.05) is 0 Å². The largest absolute Gasteiger partial charge is 0.0622 e. The van der Waals surface area contributed by atoms with E-state index in [0.29, 0.717) is 0 Å². The van der Waals surface area contributed by atoms with Crippen molar-refractivity contribution in [3.63, 3.8) is 0 Å². The lowest BCUT2D eigenvalue weighted by Crippen LogP contribution is -2.22. The Morgan fingerprint density at radius 3 is 1.65 bits per heavy atom. The maximum Gasteiger partial charge on any atom is 0.0435 e. The summed E-state index contributed by atoms with van der Waals surface area (Å²) in [6, 6.07) is 61.1. The molecule has 1 atom stereocenters. The van der Waals surface area contributed by atoms with E-state index in [-0.39, 0.29) is 5.41 Å². The fourth-order valence-corrected chi connectivity index (χ4v) is 8.41. The summed E-state index contributed by atoms with van der Waals surface area (Å²) in [5.74, 6) is 0. The quantitative estimate of drug-likeness (QED) is 0.182. The summed E-state index contributed by atoms with van der Waals surface area (Å²) in [6.45, 7) is 2.40. The van der Waals surface area contributed by atoms with E-state index >= 15 is 0 Å². The smallest absolute Gasteiger partial charge is 0.0435 e. The summed E-state index contributed by atoms with van der Waals surface area (Å²) >= 11 is 0. The first-order valence-corrected chi connectivity index (χ1v) is 16.2. The molecule has 0 nitrogen and oxygen atoms in total. The first-order valence-electron chi connectivity index (χ1n) is 16.2. The number of fused-ring (bicyclic) bond motifs is 4. The molecule has 0 heteroatoms. The van der Waals surface area contributed by atoms with Gasteiger partial charge in [-0.2, -0.15) is 0 Å². The zero-order valence-corrected chi connectivity index (χ0v) is 25.6. The van der Waals surface area contributed by atoms with Crippen LogP contribution in [0.4, 0.5) is 0 Å². The Kier molecular flexibility index (Phi) is 5.23. The first-order chi connectivity index (χ1) is 22.7. The Labute approximate surface area is 268 Å². The third-order valence-electron chi connectivity index (χ3n) is 10.7.